The van der Waals surface area contributed by atoms with Crippen LogP contribution in [-0.4, -0.2) is 12.4 Å². The molecule has 0 aromatic heterocycles. The number of aryl methyl sites for hydroxylation is 1. The third kappa shape index (κ3) is 4.21. The largest absolute Gasteiger partial charge is 0.494 e. The van der Waals surface area contributed by atoms with Gasteiger partial charge in [0, 0.05) is 6.07 Å². The van der Waals surface area contributed by atoms with Gasteiger partial charge in [-0.3, -0.25) is 4.79 Å². The van der Waals surface area contributed by atoms with E-state index < -0.39 is 41.3 Å². The second-order valence-corrected chi connectivity index (χ2v) is 7.39. The van der Waals surface area contributed by atoms with Crippen molar-refractivity contribution >= 4 is 11.9 Å². The number of allylic oxidation sites excluding steroid dienone is 1. The van der Waals surface area contributed by atoms with Crippen molar-refractivity contribution in [3.05, 3.63) is 93.5 Å². The summed E-state index contributed by atoms with van der Waals surface area (Å²) in [6.45, 7) is 3.06. The van der Waals surface area contributed by atoms with Crippen molar-refractivity contribution < 1.29 is 41.0 Å². The first-order valence-electron chi connectivity index (χ1n) is 10.2. The van der Waals surface area contributed by atoms with Crippen molar-refractivity contribution in [1.82, 2.24) is 0 Å². The molecule has 1 aliphatic rings. The molecule has 9 heteroatoms. The summed E-state index contributed by atoms with van der Waals surface area (Å²) < 4.78 is 84.1. The highest BCUT2D eigenvalue weighted by Gasteiger charge is 2.30. The molecule has 0 saturated heterocycles. The second-order valence-electron chi connectivity index (χ2n) is 7.39. The molecule has 1 heterocycles. The summed E-state index contributed by atoms with van der Waals surface area (Å²) in [7, 11) is 0. The Bertz CT molecular complexity index is 1290. The van der Waals surface area contributed by atoms with Crippen molar-refractivity contribution in [2.75, 3.05) is 6.61 Å². The van der Waals surface area contributed by atoms with Crippen LogP contribution in [-0.2, 0) is 6.61 Å². The zero-order chi connectivity index (χ0) is 24.6. The minimum Gasteiger partial charge on any atom is -0.494 e. The molecule has 3 aromatic carbocycles. The van der Waals surface area contributed by atoms with E-state index in [1.165, 1.54) is 12.1 Å². The second kappa shape index (κ2) is 9.17. The molecule has 0 spiro atoms. The minimum absolute atomic E-state index is 0.0234. The van der Waals surface area contributed by atoms with Crippen molar-refractivity contribution in [2.24, 2.45) is 0 Å². The van der Waals surface area contributed by atoms with Gasteiger partial charge in [-0.1, -0.05) is 12.1 Å². The predicted molar refractivity (Wildman–Crippen MR) is 112 cm³/mol. The molecule has 0 bridgehead atoms. The van der Waals surface area contributed by atoms with Gasteiger partial charge in [-0.05, 0) is 49.2 Å². The molecule has 4 rings (SSSR count). The Hall–Kier alpha value is -3.88. The normalized spacial score (nSPS) is 13.7. The quantitative estimate of drug-likeness (QED) is 0.182. The Kier molecular flexibility index (Phi) is 6.28. The molecular formula is C25H17F5O4. The molecule has 0 amide bonds. The molecule has 176 valence electrons. The molecule has 34 heavy (non-hydrogen) atoms. The number of carbonyl (C=O) groups is 1. The van der Waals surface area contributed by atoms with Gasteiger partial charge >= 0.3 is 0 Å². The summed E-state index contributed by atoms with van der Waals surface area (Å²) in [5.74, 6) is -9.76. The zero-order valence-corrected chi connectivity index (χ0v) is 18.0. The molecule has 0 fully saturated rings. The maximum absolute atomic E-state index is 13.9. The number of fused-ring (bicyclic) bond motifs is 1. The smallest absolute Gasteiger partial charge is 0.232 e. The van der Waals surface area contributed by atoms with Crippen molar-refractivity contribution in [2.45, 2.75) is 20.5 Å². The van der Waals surface area contributed by atoms with Gasteiger partial charge in [-0.25, -0.2) is 22.0 Å². The van der Waals surface area contributed by atoms with Crippen LogP contribution in [0.3, 0.4) is 0 Å². The van der Waals surface area contributed by atoms with Crippen LogP contribution in [0, 0.1) is 36.0 Å². The Morgan fingerprint density at radius 1 is 0.853 bits per heavy atom. The first-order valence-corrected chi connectivity index (χ1v) is 10.2. The van der Waals surface area contributed by atoms with Crippen molar-refractivity contribution in [3.63, 3.8) is 0 Å². The minimum atomic E-state index is -2.24. The average molecular weight is 476 g/mol. The number of benzene rings is 3. The summed E-state index contributed by atoms with van der Waals surface area (Å²) in [5, 5.41) is 0. The lowest BCUT2D eigenvalue weighted by molar-refractivity contribution is 0.101. The van der Waals surface area contributed by atoms with E-state index in [-0.39, 0.29) is 28.6 Å². The molecule has 1 aliphatic heterocycles. The van der Waals surface area contributed by atoms with Crippen LogP contribution in [0.1, 0.15) is 34.0 Å². The van der Waals surface area contributed by atoms with Crippen LogP contribution < -0.4 is 14.2 Å². The van der Waals surface area contributed by atoms with Crippen molar-refractivity contribution in [3.8, 4) is 17.2 Å². The Morgan fingerprint density at radius 3 is 2.09 bits per heavy atom. The molecular weight excluding hydrogens is 459 g/mol. The van der Waals surface area contributed by atoms with E-state index in [1.807, 2.05) is 6.92 Å². The lowest BCUT2D eigenvalue weighted by Crippen LogP contribution is -2.10. The van der Waals surface area contributed by atoms with E-state index >= 15 is 0 Å². The summed E-state index contributed by atoms with van der Waals surface area (Å²) in [4.78, 5) is 12.8. The van der Waals surface area contributed by atoms with E-state index in [2.05, 4.69) is 0 Å². The number of rotatable bonds is 6. The fraction of sp³-hybridized carbons (Fsp3) is 0.160. The SMILES string of the molecule is CCOc1ccc(/C=C2\Oc3cc(OCc4c(F)c(F)c(F)c(F)c4F)cc(C)c3C2=O)cc1. The van der Waals surface area contributed by atoms with Gasteiger partial charge in [-0.2, -0.15) is 0 Å². The van der Waals surface area contributed by atoms with Gasteiger partial charge < -0.3 is 14.2 Å². The van der Waals surface area contributed by atoms with Crippen LogP contribution in [0.4, 0.5) is 22.0 Å². The third-order valence-electron chi connectivity index (χ3n) is 5.12. The van der Waals surface area contributed by atoms with Crippen molar-refractivity contribution in [1.29, 1.82) is 0 Å². The maximum atomic E-state index is 13.9. The summed E-state index contributed by atoms with van der Waals surface area (Å²) in [6, 6.07) is 9.72. The molecule has 0 unspecified atom stereocenters. The molecule has 0 saturated carbocycles. The molecule has 0 radical (unpaired) electrons. The Morgan fingerprint density at radius 2 is 1.47 bits per heavy atom. The summed E-state index contributed by atoms with van der Waals surface area (Å²) in [5.41, 5.74) is 0.313. The highest BCUT2D eigenvalue weighted by atomic mass is 19.2. The highest BCUT2D eigenvalue weighted by Crippen LogP contribution is 2.38. The van der Waals surface area contributed by atoms with E-state index in [1.54, 1.807) is 37.3 Å². The van der Waals surface area contributed by atoms with Crippen LogP contribution >= 0.6 is 0 Å². The number of hydrogen-bond acceptors (Lipinski definition) is 4. The number of hydrogen-bond donors (Lipinski definition) is 0. The Balaban J connectivity index is 1.57. The summed E-state index contributed by atoms with van der Waals surface area (Å²) in [6.07, 6.45) is 1.55. The van der Waals surface area contributed by atoms with Crippen LogP contribution in [0.25, 0.3) is 6.08 Å². The van der Waals surface area contributed by atoms with Gasteiger partial charge in [0.1, 0.15) is 23.9 Å². The standard InChI is InChI=1S/C25H17F5O4/c1-3-32-14-6-4-13(5-7-14)9-18-25(31)19-12(2)8-15(10-17(19)34-18)33-11-16-20(26)22(28)24(30)23(29)21(16)27/h4-10H,3,11H2,1-2H3/b18-9-. The number of ketones is 1. The molecule has 0 N–H and O–H groups in total. The number of halogens is 5. The number of Topliss-reactive ketones (excluding diaryl/α,β-unsaturated/α-hetero) is 1. The third-order valence-corrected chi connectivity index (χ3v) is 5.12. The van der Waals surface area contributed by atoms with E-state index in [9.17, 15) is 26.7 Å². The number of carbonyl (C=O) groups excluding carboxylic acids is 1. The zero-order valence-electron chi connectivity index (χ0n) is 18.0. The first kappa shape index (κ1) is 23.3. The Labute approximate surface area is 191 Å². The monoisotopic (exact) mass is 476 g/mol. The lowest BCUT2D eigenvalue weighted by atomic mass is 10.0. The fourth-order valence-electron chi connectivity index (χ4n) is 3.47. The molecule has 3 aromatic rings. The molecule has 4 nitrogen and oxygen atoms in total. The van der Waals surface area contributed by atoms with Crippen LogP contribution in [0.15, 0.2) is 42.2 Å². The van der Waals surface area contributed by atoms with E-state index in [0.717, 1.165) is 0 Å². The first-order chi connectivity index (χ1) is 16.2. The van der Waals surface area contributed by atoms with Gasteiger partial charge in [-0.15, -0.1) is 0 Å². The highest BCUT2D eigenvalue weighted by molar-refractivity contribution is 6.15. The maximum Gasteiger partial charge on any atom is 0.232 e. The van der Waals surface area contributed by atoms with Crippen LogP contribution in [0.2, 0.25) is 0 Å². The van der Waals surface area contributed by atoms with E-state index in [0.29, 0.717) is 23.5 Å². The van der Waals surface area contributed by atoms with Gasteiger partial charge in [0.2, 0.25) is 11.6 Å². The van der Waals surface area contributed by atoms with Gasteiger partial charge in [0.15, 0.2) is 29.0 Å². The van der Waals surface area contributed by atoms with Crippen LogP contribution in [0.5, 0.6) is 17.2 Å². The van der Waals surface area contributed by atoms with E-state index in [4.69, 9.17) is 14.2 Å². The summed E-state index contributed by atoms with van der Waals surface area (Å²) >= 11 is 0. The lowest BCUT2D eigenvalue weighted by Gasteiger charge is -2.11. The fourth-order valence-corrected chi connectivity index (χ4v) is 3.47. The van der Waals surface area contributed by atoms with Gasteiger partial charge in [0.25, 0.3) is 0 Å². The molecule has 0 aliphatic carbocycles. The predicted octanol–water partition coefficient (Wildman–Crippen LogP) is 6.28. The van der Waals surface area contributed by atoms with Gasteiger partial charge in [0.05, 0.1) is 17.7 Å². The topological polar surface area (TPSA) is 44.8 Å². The number of ether oxygens (including phenoxy) is 3. The average Bonchev–Trinajstić information content (AvgIpc) is 3.13. The molecule has 0 atom stereocenters.